The summed E-state index contributed by atoms with van der Waals surface area (Å²) < 4.78 is 0. The lowest BCUT2D eigenvalue weighted by Gasteiger charge is -2.07. The highest BCUT2D eigenvalue weighted by Gasteiger charge is 1.92. The van der Waals surface area contributed by atoms with Crippen LogP contribution in [0.4, 0.5) is 0 Å². The van der Waals surface area contributed by atoms with E-state index in [9.17, 15) is 0 Å². The van der Waals surface area contributed by atoms with Gasteiger partial charge in [-0.1, -0.05) is 30.3 Å². The molecule has 114 valence electrons. The van der Waals surface area contributed by atoms with Crippen LogP contribution in [0.3, 0.4) is 0 Å². The second kappa shape index (κ2) is 13.1. The number of rotatable bonds is 13. The van der Waals surface area contributed by atoms with Crippen LogP contribution in [0.2, 0.25) is 0 Å². The van der Waals surface area contributed by atoms with Crippen LogP contribution in [0, 0.1) is 0 Å². The quantitative estimate of drug-likeness (QED) is 0.408. The van der Waals surface area contributed by atoms with E-state index >= 15 is 0 Å². The van der Waals surface area contributed by atoms with Crippen LogP contribution < -0.4 is 21.7 Å². The zero-order chi connectivity index (χ0) is 14.3. The molecule has 0 radical (unpaired) electrons. The molecule has 0 saturated carbocycles. The van der Waals surface area contributed by atoms with E-state index in [2.05, 4.69) is 46.3 Å². The lowest BCUT2D eigenvalue weighted by molar-refractivity contribution is 0.561. The summed E-state index contributed by atoms with van der Waals surface area (Å²) in [6.45, 7) is 7.11. The molecule has 0 atom stereocenters. The predicted octanol–water partition coefficient (Wildman–Crippen LogP) is 1.08. The number of nitrogens with two attached hydrogens (primary N) is 1. The highest BCUT2D eigenvalue weighted by molar-refractivity contribution is 5.14. The minimum absolute atomic E-state index is 0.779. The highest BCUT2D eigenvalue weighted by atomic mass is 14.9. The first-order valence-electron chi connectivity index (χ1n) is 7.79. The largest absolute Gasteiger partial charge is 0.330 e. The molecular weight excluding hydrogens is 248 g/mol. The van der Waals surface area contributed by atoms with Crippen molar-refractivity contribution in [2.24, 2.45) is 5.73 Å². The summed E-state index contributed by atoms with van der Waals surface area (Å²) in [7, 11) is 0. The maximum Gasteiger partial charge on any atom is 0.0205 e. The molecule has 0 aliphatic heterocycles. The molecule has 20 heavy (non-hydrogen) atoms. The summed E-state index contributed by atoms with van der Waals surface area (Å²) in [4.78, 5) is 0. The fourth-order valence-corrected chi connectivity index (χ4v) is 1.98. The summed E-state index contributed by atoms with van der Waals surface area (Å²) in [5, 5.41) is 10.3. The SMILES string of the molecule is NCCCNCCCNCCCNCc1ccccc1. The van der Waals surface area contributed by atoms with E-state index in [1.165, 1.54) is 18.4 Å². The minimum Gasteiger partial charge on any atom is -0.330 e. The Morgan fingerprint density at radius 2 is 1.25 bits per heavy atom. The van der Waals surface area contributed by atoms with Crippen molar-refractivity contribution < 1.29 is 0 Å². The van der Waals surface area contributed by atoms with E-state index in [1.54, 1.807) is 0 Å². The average Bonchev–Trinajstić information content (AvgIpc) is 2.49. The molecule has 5 N–H and O–H groups in total. The normalized spacial score (nSPS) is 10.8. The van der Waals surface area contributed by atoms with Crippen molar-refractivity contribution in [3.8, 4) is 0 Å². The third-order valence-electron chi connectivity index (χ3n) is 3.14. The van der Waals surface area contributed by atoms with Gasteiger partial charge in [-0.25, -0.2) is 0 Å². The monoisotopic (exact) mass is 278 g/mol. The zero-order valence-electron chi connectivity index (χ0n) is 12.5. The van der Waals surface area contributed by atoms with Gasteiger partial charge in [0.15, 0.2) is 0 Å². The van der Waals surface area contributed by atoms with Gasteiger partial charge in [0.05, 0.1) is 0 Å². The fourth-order valence-electron chi connectivity index (χ4n) is 1.98. The first kappa shape index (κ1) is 17.1. The molecule has 1 rings (SSSR count). The molecule has 0 spiro atoms. The third kappa shape index (κ3) is 9.92. The molecular formula is C16H30N4. The van der Waals surface area contributed by atoms with Crippen LogP contribution in [-0.4, -0.2) is 39.3 Å². The first-order valence-corrected chi connectivity index (χ1v) is 7.79. The van der Waals surface area contributed by atoms with Crippen molar-refractivity contribution >= 4 is 0 Å². The summed E-state index contributed by atoms with van der Waals surface area (Å²) >= 11 is 0. The van der Waals surface area contributed by atoms with Gasteiger partial charge >= 0.3 is 0 Å². The Hall–Kier alpha value is -0.940. The molecule has 0 amide bonds. The Morgan fingerprint density at radius 3 is 1.85 bits per heavy atom. The molecule has 0 aliphatic rings. The maximum atomic E-state index is 5.43. The van der Waals surface area contributed by atoms with Gasteiger partial charge in [-0.15, -0.1) is 0 Å². The first-order chi connectivity index (χ1) is 9.93. The Kier molecular flexibility index (Phi) is 11.2. The molecule has 1 aromatic rings. The van der Waals surface area contributed by atoms with E-state index in [4.69, 9.17) is 5.73 Å². The zero-order valence-corrected chi connectivity index (χ0v) is 12.5. The Balaban J connectivity index is 1.77. The van der Waals surface area contributed by atoms with E-state index in [1.807, 2.05) is 0 Å². The number of nitrogens with one attached hydrogen (secondary N) is 3. The Labute approximate surface area is 123 Å². The van der Waals surface area contributed by atoms with Crippen LogP contribution in [0.1, 0.15) is 24.8 Å². The van der Waals surface area contributed by atoms with E-state index in [-0.39, 0.29) is 0 Å². The van der Waals surface area contributed by atoms with Crippen molar-refractivity contribution in [3.63, 3.8) is 0 Å². The van der Waals surface area contributed by atoms with Gasteiger partial charge in [-0.2, -0.15) is 0 Å². The van der Waals surface area contributed by atoms with Gasteiger partial charge in [-0.05, 0) is 64.1 Å². The van der Waals surface area contributed by atoms with Gasteiger partial charge in [0.25, 0.3) is 0 Å². The second-order valence-electron chi connectivity index (χ2n) is 5.01. The molecule has 0 heterocycles. The van der Waals surface area contributed by atoms with Gasteiger partial charge in [0, 0.05) is 6.54 Å². The lowest BCUT2D eigenvalue weighted by atomic mass is 10.2. The van der Waals surface area contributed by atoms with Gasteiger partial charge in [-0.3, -0.25) is 0 Å². The van der Waals surface area contributed by atoms with Crippen LogP contribution in [-0.2, 0) is 6.54 Å². The Bertz CT molecular complexity index is 303. The van der Waals surface area contributed by atoms with Crippen LogP contribution in [0.15, 0.2) is 30.3 Å². The van der Waals surface area contributed by atoms with Crippen molar-refractivity contribution in [2.75, 3.05) is 39.3 Å². The molecule has 4 nitrogen and oxygen atoms in total. The van der Waals surface area contributed by atoms with Crippen LogP contribution >= 0.6 is 0 Å². The summed E-state index contributed by atoms with van der Waals surface area (Å²) in [6, 6.07) is 10.5. The maximum absolute atomic E-state index is 5.43. The van der Waals surface area contributed by atoms with Crippen molar-refractivity contribution in [2.45, 2.75) is 25.8 Å². The molecule has 0 aliphatic carbocycles. The van der Waals surface area contributed by atoms with Gasteiger partial charge < -0.3 is 21.7 Å². The van der Waals surface area contributed by atoms with Gasteiger partial charge in [0.1, 0.15) is 0 Å². The molecule has 0 fully saturated rings. The predicted molar refractivity (Wildman–Crippen MR) is 86.8 cm³/mol. The van der Waals surface area contributed by atoms with Crippen molar-refractivity contribution in [1.29, 1.82) is 0 Å². The van der Waals surface area contributed by atoms with E-state index < -0.39 is 0 Å². The van der Waals surface area contributed by atoms with Crippen molar-refractivity contribution in [3.05, 3.63) is 35.9 Å². The van der Waals surface area contributed by atoms with Gasteiger partial charge in [0.2, 0.25) is 0 Å². The molecule has 0 aromatic heterocycles. The standard InChI is InChI=1S/C16H30N4/c17-9-4-10-18-11-5-12-19-13-6-14-20-15-16-7-2-1-3-8-16/h1-3,7-8,18-20H,4-6,9-15,17H2. The van der Waals surface area contributed by atoms with E-state index in [0.29, 0.717) is 0 Å². The topological polar surface area (TPSA) is 62.1 Å². The smallest absolute Gasteiger partial charge is 0.0205 e. The molecule has 4 heteroatoms. The number of hydrogen-bond acceptors (Lipinski definition) is 4. The summed E-state index contributed by atoms with van der Waals surface area (Å²) in [5.41, 5.74) is 6.78. The summed E-state index contributed by atoms with van der Waals surface area (Å²) in [6.07, 6.45) is 3.43. The van der Waals surface area contributed by atoms with Crippen LogP contribution in [0.5, 0.6) is 0 Å². The molecule has 0 bridgehead atoms. The molecule has 0 saturated heterocycles. The minimum atomic E-state index is 0.779. The average molecular weight is 278 g/mol. The Morgan fingerprint density at radius 1 is 0.700 bits per heavy atom. The highest BCUT2D eigenvalue weighted by Crippen LogP contribution is 1.96. The molecule has 1 aromatic carbocycles. The van der Waals surface area contributed by atoms with Crippen molar-refractivity contribution in [1.82, 2.24) is 16.0 Å². The third-order valence-corrected chi connectivity index (χ3v) is 3.14. The second-order valence-corrected chi connectivity index (χ2v) is 5.01. The number of benzene rings is 1. The fraction of sp³-hybridized carbons (Fsp3) is 0.625. The lowest BCUT2D eigenvalue weighted by Crippen LogP contribution is -2.26. The number of hydrogen-bond donors (Lipinski definition) is 4. The molecule has 0 unspecified atom stereocenters. The van der Waals surface area contributed by atoms with Crippen LogP contribution in [0.25, 0.3) is 0 Å². The van der Waals surface area contributed by atoms with E-state index in [0.717, 1.165) is 52.2 Å². The summed E-state index contributed by atoms with van der Waals surface area (Å²) in [5.74, 6) is 0.